The molecule has 0 aliphatic carbocycles. The number of rotatable bonds is 8. The van der Waals surface area contributed by atoms with Crippen molar-refractivity contribution in [3.05, 3.63) is 63.1 Å². The van der Waals surface area contributed by atoms with Crippen LogP contribution in [0.2, 0.25) is 15.1 Å². The zero-order valence-corrected chi connectivity index (χ0v) is 17.8. The summed E-state index contributed by atoms with van der Waals surface area (Å²) in [6.45, 7) is 1.81. The van der Waals surface area contributed by atoms with Crippen molar-refractivity contribution in [3.63, 3.8) is 0 Å². The lowest BCUT2D eigenvalue weighted by Crippen LogP contribution is -2.49. The first-order valence-corrected chi connectivity index (χ1v) is 9.82. The van der Waals surface area contributed by atoms with E-state index in [1.54, 1.807) is 42.5 Å². The van der Waals surface area contributed by atoms with E-state index in [-0.39, 0.29) is 25.0 Å². The first kappa shape index (κ1) is 22.3. The Hall–Kier alpha value is -1.95. The van der Waals surface area contributed by atoms with Gasteiger partial charge in [0.05, 0.1) is 10.0 Å². The second-order valence-corrected chi connectivity index (χ2v) is 7.31. The molecule has 2 amide bonds. The van der Waals surface area contributed by atoms with Gasteiger partial charge in [0, 0.05) is 18.6 Å². The van der Waals surface area contributed by atoms with Crippen molar-refractivity contribution in [1.29, 1.82) is 0 Å². The molecule has 0 bridgehead atoms. The fourth-order valence-electron chi connectivity index (χ4n) is 2.71. The van der Waals surface area contributed by atoms with E-state index in [0.29, 0.717) is 27.2 Å². The molecule has 8 heteroatoms. The number of carbonyl (C=O) groups is 2. The smallest absolute Gasteiger partial charge is 0.261 e. The first-order chi connectivity index (χ1) is 13.3. The van der Waals surface area contributed by atoms with E-state index in [1.165, 1.54) is 11.9 Å². The van der Waals surface area contributed by atoms with Crippen molar-refractivity contribution in [2.24, 2.45) is 0 Å². The number of halogens is 3. The lowest BCUT2D eigenvalue weighted by atomic mass is 10.1. The summed E-state index contributed by atoms with van der Waals surface area (Å²) < 4.78 is 5.56. The van der Waals surface area contributed by atoms with Crippen LogP contribution in [0.25, 0.3) is 0 Å². The minimum absolute atomic E-state index is 0.195. The summed E-state index contributed by atoms with van der Waals surface area (Å²) in [5, 5.41) is 3.92. The van der Waals surface area contributed by atoms with Crippen LogP contribution in [-0.4, -0.2) is 36.4 Å². The fraction of sp³-hybridized carbons (Fsp3) is 0.300. The Bertz CT molecular complexity index is 845. The Morgan fingerprint density at radius 1 is 1.11 bits per heavy atom. The van der Waals surface area contributed by atoms with Gasteiger partial charge in [0.15, 0.2) is 6.61 Å². The molecule has 0 spiro atoms. The van der Waals surface area contributed by atoms with Crippen molar-refractivity contribution in [1.82, 2.24) is 10.2 Å². The predicted octanol–water partition coefficient (Wildman–Crippen LogP) is 4.58. The second-order valence-electron chi connectivity index (χ2n) is 6.05. The number of nitrogens with one attached hydrogen (secondary N) is 1. The van der Waals surface area contributed by atoms with Gasteiger partial charge in [-0.25, -0.2) is 0 Å². The number of hydrogen-bond acceptors (Lipinski definition) is 3. The largest absolute Gasteiger partial charge is 0.484 e. The van der Waals surface area contributed by atoms with Gasteiger partial charge in [-0.05, 0) is 42.3 Å². The predicted molar refractivity (Wildman–Crippen MR) is 112 cm³/mol. The molecule has 1 unspecified atom stereocenters. The van der Waals surface area contributed by atoms with E-state index in [2.05, 4.69) is 5.32 Å². The Balaban J connectivity index is 2.21. The minimum Gasteiger partial charge on any atom is -0.484 e. The maximum Gasteiger partial charge on any atom is 0.261 e. The van der Waals surface area contributed by atoms with Gasteiger partial charge in [-0.2, -0.15) is 0 Å². The number of nitrogens with zero attached hydrogens (tertiary/aromatic N) is 1. The summed E-state index contributed by atoms with van der Waals surface area (Å²) in [7, 11) is 1.54. The zero-order valence-electron chi connectivity index (χ0n) is 15.5. The van der Waals surface area contributed by atoms with Crippen molar-refractivity contribution >= 4 is 46.6 Å². The van der Waals surface area contributed by atoms with E-state index < -0.39 is 6.04 Å². The molecule has 150 valence electrons. The summed E-state index contributed by atoms with van der Waals surface area (Å²) in [6.07, 6.45) is 0.448. The molecule has 1 N–H and O–H groups in total. The average molecular weight is 444 g/mol. The molecule has 1 atom stereocenters. The molecule has 0 saturated heterocycles. The van der Waals surface area contributed by atoms with Crippen LogP contribution in [0.15, 0.2) is 42.5 Å². The fourth-order valence-corrected chi connectivity index (χ4v) is 3.21. The molecular weight excluding hydrogens is 423 g/mol. The summed E-state index contributed by atoms with van der Waals surface area (Å²) in [5.74, 6) is -0.108. The molecular formula is C20H21Cl3N2O3. The topological polar surface area (TPSA) is 58.6 Å². The number of benzene rings is 2. The Kier molecular flexibility index (Phi) is 8.42. The Labute approximate surface area is 179 Å². The number of carbonyl (C=O) groups excluding carboxylic acids is 2. The van der Waals surface area contributed by atoms with Crippen molar-refractivity contribution in [3.8, 4) is 5.75 Å². The standard InChI is InChI=1S/C20H21Cl3N2O3/c1-3-18(20(27)24-2)25(11-13-7-8-16(22)17(23)9-13)19(26)12-28-15-6-4-5-14(21)10-15/h4-10,18H,3,11-12H2,1-2H3,(H,24,27). The van der Waals surface area contributed by atoms with E-state index in [1.807, 2.05) is 6.92 Å². The highest BCUT2D eigenvalue weighted by atomic mass is 35.5. The van der Waals surface area contributed by atoms with Gasteiger partial charge in [0.1, 0.15) is 11.8 Å². The van der Waals surface area contributed by atoms with E-state index in [4.69, 9.17) is 39.5 Å². The molecule has 5 nitrogen and oxygen atoms in total. The van der Waals surface area contributed by atoms with Gasteiger partial charge < -0.3 is 15.0 Å². The van der Waals surface area contributed by atoms with Crippen molar-refractivity contribution in [2.45, 2.75) is 25.9 Å². The highest BCUT2D eigenvalue weighted by Gasteiger charge is 2.28. The Morgan fingerprint density at radius 3 is 2.46 bits per heavy atom. The van der Waals surface area contributed by atoms with Gasteiger partial charge >= 0.3 is 0 Å². The van der Waals surface area contributed by atoms with Crippen LogP contribution in [0.3, 0.4) is 0 Å². The highest BCUT2D eigenvalue weighted by Crippen LogP contribution is 2.24. The van der Waals surface area contributed by atoms with Crippen LogP contribution < -0.4 is 10.1 Å². The van der Waals surface area contributed by atoms with E-state index in [0.717, 1.165) is 5.56 Å². The van der Waals surface area contributed by atoms with Gasteiger partial charge in [0.25, 0.3) is 5.91 Å². The van der Waals surface area contributed by atoms with Crippen molar-refractivity contribution in [2.75, 3.05) is 13.7 Å². The maximum atomic E-state index is 12.9. The van der Waals surface area contributed by atoms with Gasteiger partial charge in [-0.15, -0.1) is 0 Å². The van der Waals surface area contributed by atoms with Crippen LogP contribution in [0.4, 0.5) is 0 Å². The maximum absolute atomic E-state index is 12.9. The lowest BCUT2D eigenvalue weighted by Gasteiger charge is -2.30. The molecule has 0 aromatic heterocycles. The number of amides is 2. The summed E-state index contributed by atoms with van der Waals surface area (Å²) in [6, 6.07) is 11.2. The molecule has 2 aromatic carbocycles. The first-order valence-electron chi connectivity index (χ1n) is 8.69. The zero-order chi connectivity index (χ0) is 20.7. The van der Waals surface area contributed by atoms with Gasteiger partial charge in [-0.1, -0.05) is 53.9 Å². The SMILES string of the molecule is CCC(C(=O)NC)N(Cc1ccc(Cl)c(Cl)c1)C(=O)COc1cccc(Cl)c1. The van der Waals surface area contributed by atoms with E-state index >= 15 is 0 Å². The van der Waals surface area contributed by atoms with Crippen LogP contribution in [0.1, 0.15) is 18.9 Å². The minimum atomic E-state index is -0.644. The highest BCUT2D eigenvalue weighted by molar-refractivity contribution is 6.42. The molecule has 0 saturated carbocycles. The molecule has 0 heterocycles. The molecule has 0 fully saturated rings. The van der Waals surface area contributed by atoms with Crippen LogP contribution in [0.5, 0.6) is 5.75 Å². The number of ether oxygens (including phenoxy) is 1. The quantitative estimate of drug-likeness (QED) is 0.650. The van der Waals surface area contributed by atoms with Crippen molar-refractivity contribution < 1.29 is 14.3 Å². The molecule has 0 aliphatic rings. The molecule has 0 radical (unpaired) electrons. The summed E-state index contributed by atoms with van der Waals surface area (Å²) in [4.78, 5) is 26.7. The average Bonchev–Trinajstić information content (AvgIpc) is 2.68. The normalized spacial score (nSPS) is 11.6. The molecule has 2 rings (SSSR count). The number of likely N-dealkylation sites (N-methyl/N-ethyl adjacent to an activating group) is 1. The Morgan fingerprint density at radius 2 is 1.86 bits per heavy atom. The molecule has 2 aromatic rings. The van der Waals surface area contributed by atoms with Crippen LogP contribution in [0, 0.1) is 0 Å². The third-order valence-corrected chi connectivity index (χ3v) is 5.10. The summed E-state index contributed by atoms with van der Waals surface area (Å²) >= 11 is 18.0. The summed E-state index contributed by atoms with van der Waals surface area (Å²) in [5.41, 5.74) is 0.757. The molecule has 0 aliphatic heterocycles. The lowest BCUT2D eigenvalue weighted by molar-refractivity contribution is -0.142. The van der Waals surface area contributed by atoms with Crippen LogP contribution >= 0.6 is 34.8 Å². The monoisotopic (exact) mass is 442 g/mol. The van der Waals surface area contributed by atoms with E-state index in [9.17, 15) is 9.59 Å². The third-order valence-electron chi connectivity index (χ3n) is 4.13. The third kappa shape index (κ3) is 6.03. The van der Waals surface area contributed by atoms with Gasteiger partial charge in [0.2, 0.25) is 5.91 Å². The number of hydrogen-bond donors (Lipinski definition) is 1. The van der Waals surface area contributed by atoms with Gasteiger partial charge in [-0.3, -0.25) is 9.59 Å². The second kappa shape index (κ2) is 10.6. The van der Waals surface area contributed by atoms with Crippen LogP contribution in [-0.2, 0) is 16.1 Å². The molecule has 28 heavy (non-hydrogen) atoms.